The molecular weight excluding hydrogens is 1790 g/mol. The number of nitrogen functional groups attached to an aromatic ring is 1. The summed E-state index contributed by atoms with van der Waals surface area (Å²) in [6.45, 7) is -7.03. The number of carboxylic acid groups (broad SMARTS) is 5. The number of hydrogen-bond donors (Lipinski definition) is 34. The maximum Gasteiger partial charge on any atom is 0.326 e. The van der Waals surface area contributed by atoms with E-state index in [0.717, 1.165) is 7.11 Å². The van der Waals surface area contributed by atoms with Crippen molar-refractivity contribution < 1.29 is 189 Å². The van der Waals surface area contributed by atoms with E-state index < -0.39 is 394 Å². The summed E-state index contributed by atoms with van der Waals surface area (Å²) in [5.41, 5.74) is 11.4. The number of aliphatic carboxylic acids is 5. The van der Waals surface area contributed by atoms with Crippen molar-refractivity contribution in [1.82, 2.24) is 62.5 Å². The Kier molecular flexibility index (Phi) is 52.8. The molecule has 0 saturated carbocycles. The summed E-state index contributed by atoms with van der Waals surface area (Å²) in [5, 5.41) is 227. The minimum absolute atomic E-state index is 0.00512. The van der Waals surface area contributed by atoms with Gasteiger partial charge in [-0.25, -0.2) is 14.8 Å². The fourth-order valence-electron chi connectivity index (χ4n) is 12.3. The van der Waals surface area contributed by atoms with Crippen molar-refractivity contribution in [2.24, 2.45) is 29.4 Å². The van der Waals surface area contributed by atoms with Gasteiger partial charge in [-0.2, -0.15) is 17.6 Å². The summed E-state index contributed by atoms with van der Waals surface area (Å²) in [7, 11) is 1.00. The Hall–Kier alpha value is -11.5. The number of hydrogen-bond acceptors (Lipinski definition) is 41. The molecule has 0 fully saturated rings. The van der Waals surface area contributed by atoms with Crippen LogP contribution in [0, 0.1) is 23.7 Å². The summed E-state index contributed by atoms with van der Waals surface area (Å²) in [4.78, 5) is 255. The Labute approximate surface area is 754 Å². The van der Waals surface area contributed by atoms with Crippen LogP contribution in [0.4, 0.5) is 11.6 Å². The molecule has 55 heteroatoms. The lowest BCUT2D eigenvalue weighted by atomic mass is 9.89. The second-order valence-electron chi connectivity index (χ2n) is 30.3. The van der Waals surface area contributed by atoms with Gasteiger partial charge in [-0.3, -0.25) is 86.5 Å². The Morgan fingerprint density at radius 2 is 0.818 bits per heavy atom. The van der Waals surface area contributed by atoms with Crippen LogP contribution < -0.4 is 64.9 Å². The normalized spacial score (nSPS) is 16.1. The second kappa shape index (κ2) is 59.8. The number of aromatic amines is 1. The Morgan fingerprint density at radius 3 is 1.22 bits per heavy atom. The Morgan fingerprint density at radius 1 is 0.424 bits per heavy atom. The summed E-state index contributed by atoms with van der Waals surface area (Å²) in [6.07, 6.45) is -39.8. The first-order valence-electron chi connectivity index (χ1n) is 40.7. The lowest BCUT2D eigenvalue weighted by Gasteiger charge is -2.26. The van der Waals surface area contributed by atoms with Crippen molar-refractivity contribution >= 4 is 136 Å². The number of aliphatic hydroxyl groups is 16. The predicted octanol–water partition coefficient (Wildman–Crippen LogP) is -13.1. The van der Waals surface area contributed by atoms with E-state index >= 15 is 0 Å². The molecule has 8 amide bonds. The summed E-state index contributed by atoms with van der Waals surface area (Å²) < 4.78 is 0. The van der Waals surface area contributed by atoms with Crippen LogP contribution in [0.1, 0.15) is 125 Å². The third kappa shape index (κ3) is 41.5. The van der Waals surface area contributed by atoms with Crippen LogP contribution in [0.15, 0.2) is 35.3 Å². The number of anilines is 2. The molecule has 3 rings (SSSR count). The number of carbonyl (C=O) groups excluding carboxylic acids is 12. The molecule has 0 saturated heterocycles. The number of benzene rings is 1. The van der Waals surface area contributed by atoms with Gasteiger partial charge in [-0.15, -0.1) is 0 Å². The van der Waals surface area contributed by atoms with Gasteiger partial charge in [0.15, 0.2) is 28.5 Å². The number of aromatic nitrogens is 4. The molecule has 0 aliphatic heterocycles. The number of rotatable bonds is 66. The van der Waals surface area contributed by atoms with Crippen LogP contribution in [0.25, 0.3) is 11.2 Å². The molecular formula is C77H117N15O39S. The molecule has 54 nitrogen and oxygen atoms in total. The fourth-order valence-corrected chi connectivity index (χ4v) is 12.6. The molecule has 3 aromatic rings. The van der Waals surface area contributed by atoms with Gasteiger partial charge in [0, 0.05) is 132 Å². The molecule has 132 heavy (non-hydrogen) atoms. The van der Waals surface area contributed by atoms with Gasteiger partial charge < -0.3 is 167 Å². The van der Waals surface area contributed by atoms with Crippen LogP contribution in [0.3, 0.4) is 0 Å². The molecule has 0 bridgehead atoms. The van der Waals surface area contributed by atoms with Gasteiger partial charge >= 0.3 is 29.8 Å². The zero-order valence-electron chi connectivity index (χ0n) is 71.1. The number of fused-ring (bicyclic) bond motifs is 1. The zero-order valence-corrected chi connectivity index (χ0v) is 72.0. The number of thiol groups is 1. The fraction of sp³-hybridized carbons (Fsp3) is 0.623. The van der Waals surface area contributed by atoms with E-state index in [1.807, 2.05) is 5.32 Å². The summed E-state index contributed by atoms with van der Waals surface area (Å²) >= 11 is 3.87. The quantitative estimate of drug-likeness (QED) is 0.0233. The van der Waals surface area contributed by atoms with Gasteiger partial charge in [-0.05, 0) is 62.8 Å². The number of aliphatic hydroxyl groups excluding tert-OH is 16. The topological polar surface area (TPSA) is 947 Å². The molecule has 740 valence electrons. The minimum atomic E-state index is -2.26. The summed E-state index contributed by atoms with van der Waals surface area (Å²) in [6, 6.07) is -4.51. The highest BCUT2D eigenvalue weighted by atomic mass is 32.1. The van der Waals surface area contributed by atoms with Crippen LogP contribution in [0.2, 0.25) is 0 Å². The number of carbonyl (C=O) groups is 17. The minimum Gasteiger partial charge on any atom is -0.481 e. The van der Waals surface area contributed by atoms with E-state index in [1.54, 1.807) is 0 Å². The van der Waals surface area contributed by atoms with Crippen molar-refractivity contribution in [2.45, 2.75) is 219 Å². The van der Waals surface area contributed by atoms with E-state index in [2.05, 4.69) is 75.1 Å². The Balaban J connectivity index is 0.0000293. The maximum atomic E-state index is 14.9. The number of carboxylic acids is 5. The number of H-pyrrole nitrogens is 1. The molecule has 0 unspecified atom stereocenters. The number of amides is 8. The van der Waals surface area contributed by atoms with Crippen LogP contribution >= 0.6 is 12.6 Å². The predicted molar refractivity (Wildman–Crippen MR) is 449 cm³/mol. The first-order valence-corrected chi connectivity index (χ1v) is 41.4. The maximum absolute atomic E-state index is 14.9. The van der Waals surface area contributed by atoms with Gasteiger partial charge in [0.25, 0.3) is 11.5 Å². The van der Waals surface area contributed by atoms with Gasteiger partial charge in [-0.1, -0.05) is 0 Å². The largest absolute Gasteiger partial charge is 0.481 e. The number of Topliss-reactive ketones (excluding diaryl/α,β-unsaturated/α-hetero) is 4. The van der Waals surface area contributed by atoms with E-state index in [-0.39, 0.29) is 34.9 Å². The highest BCUT2D eigenvalue weighted by Crippen LogP contribution is 2.24. The first kappa shape index (κ1) is 117. The smallest absolute Gasteiger partial charge is 0.326 e. The molecule has 1 aromatic carbocycles. The monoisotopic (exact) mass is 1910 g/mol. The number of nitrogens with one attached hydrogen (secondary N) is 10. The Bertz CT molecular complexity index is 4410. The third-order valence-corrected chi connectivity index (χ3v) is 20.6. The van der Waals surface area contributed by atoms with Gasteiger partial charge in [0.2, 0.25) is 47.3 Å². The molecule has 35 N–H and O–H groups in total. The standard InChI is InChI=1S/C76H113N15O38S.CH4O/c77-40(72(124)89-44(21-59(112)113)47(98)20-36(31-130)74(126)127)24-84-68(120)34(4-13-55(106)81-26-49(100)62(115)65(118)52(103)29-93)18-45(96)41(10-15-57(108)109)87-71(123)35(5-14-56(107)82-27-50(101)63(116)66(119)53(104)30-94)19-46(97)42(11-16-58(110)111)86-70(122)33(3-12-54(105)80-25-48(99)61(114)64(117)51(102)28-92)17-39(95)8-9-43(75(128)129)88-69(121)32-1-6-37(7-2-32)79-22-38-23-83-67-60(85-38)73(125)91-76(78)90-67;1-2/h1-2,6-7,23,33-36,40-44,48-53,61-66,79,92-94,99-104,114-119,130H,3-5,8-22,24-31,77H2,(H,80,105)(H,81,106)(H,82,107)(H,84,120)(H,86,122)(H,87,123)(H,88,121)(H,89,124)(H,108,109)(H,110,111)(H,112,113)(H,126,127)(H,128,129)(H3,78,83,90,91,125);2H,1H3/t33-,34-,35-,36+,40+,41+,42+,43+,44+,48+,49+,50+,51-,52-,53-,61-,62-,63-,64-,65-,66-;/m1./s1. The van der Waals surface area contributed by atoms with E-state index in [9.17, 15) is 188 Å². The average Bonchev–Trinajstić information content (AvgIpc) is 0.807. The molecule has 21 atom stereocenters. The van der Waals surface area contributed by atoms with E-state index in [1.165, 1.54) is 30.5 Å². The highest BCUT2D eigenvalue weighted by molar-refractivity contribution is 7.80. The van der Waals surface area contributed by atoms with Crippen LogP contribution in [-0.4, -0.2) is 390 Å². The van der Waals surface area contributed by atoms with E-state index in [4.69, 9.17) is 16.6 Å². The zero-order chi connectivity index (χ0) is 100. The van der Waals surface area contributed by atoms with Crippen molar-refractivity contribution in [3.8, 4) is 0 Å². The van der Waals surface area contributed by atoms with Gasteiger partial charge in [0.05, 0.1) is 87.0 Å². The summed E-state index contributed by atoms with van der Waals surface area (Å²) in [5.74, 6) is -30.4. The van der Waals surface area contributed by atoms with E-state index in [0.29, 0.717) is 5.69 Å². The molecule has 0 spiro atoms. The first-order chi connectivity index (χ1) is 62.1. The van der Waals surface area contributed by atoms with Crippen molar-refractivity contribution in [3.05, 3.63) is 52.1 Å². The second-order valence-corrected chi connectivity index (χ2v) is 30.7. The van der Waals surface area contributed by atoms with Crippen LogP contribution in [0.5, 0.6) is 0 Å². The average molecular weight is 1910 g/mol. The SMILES string of the molecule is CO.Nc1nc2ncc(CNc3ccc(C(=O)N[C@@H](CCC(=O)C[C@@H](CCC(=O)NC[C@H](O)[C@@H](O)[C@H](O)[C@H](O)CO)C(=O)N[C@@H](CCC(=O)O)C(=O)C[C@@H](CCC(=O)NC[C@H](O)[C@@H](O)[C@H](O)[C@H](O)CO)C(=O)N[C@@H](CCC(=O)O)C(=O)C[C@@H](CCC(=O)NC[C@H](O)[C@@H](O)[C@H](O)[C@H](O)CO)C(=O)NC[C@H](N)C(=O)N[C@@H](CC(=O)O)C(=O)C[C@@H](CS)C(=O)O)C(=O)O)cc3)nc2c(=O)[nH]1. The van der Waals surface area contributed by atoms with Crippen LogP contribution in [-0.2, 0) is 83.3 Å². The lowest BCUT2D eigenvalue weighted by Crippen LogP contribution is -2.53. The molecule has 2 aromatic heterocycles. The highest BCUT2D eigenvalue weighted by Gasteiger charge is 2.39. The third-order valence-electron chi connectivity index (χ3n) is 20.2. The number of nitrogens with two attached hydrogens (primary N) is 2. The molecule has 0 aliphatic carbocycles. The van der Waals surface area contributed by atoms with Crippen molar-refractivity contribution in [1.29, 1.82) is 0 Å². The number of nitrogens with zero attached hydrogens (tertiary/aromatic N) is 3. The molecule has 2 heterocycles. The van der Waals surface area contributed by atoms with Crippen molar-refractivity contribution in [3.63, 3.8) is 0 Å². The molecule has 0 radical (unpaired) electrons. The lowest BCUT2D eigenvalue weighted by molar-refractivity contribution is -0.144. The van der Waals surface area contributed by atoms with Gasteiger partial charge in [0.1, 0.15) is 72.8 Å². The van der Waals surface area contributed by atoms with Crippen molar-refractivity contribution in [2.75, 3.05) is 69.9 Å². The molecule has 0 aliphatic rings. The number of ketones is 4.